The van der Waals surface area contributed by atoms with Crippen LogP contribution in [-0.4, -0.2) is 39.5 Å². The van der Waals surface area contributed by atoms with Gasteiger partial charge in [-0.25, -0.2) is 0 Å². The molecular formula is C18H20N2O3. The molecule has 23 heavy (non-hydrogen) atoms. The molecule has 0 bridgehead atoms. The van der Waals surface area contributed by atoms with Gasteiger partial charge in [-0.15, -0.1) is 0 Å². The molecule has 2 heterocycles. The van der Waals surface area contributed by atoms with Crippen molar-refractivity contribution >= 4 is 22.8 Å². The van der Waals surface area contributed by atoms with Gasteiger partial charge < -0.3 is 10.0 Å². The number of piperidine rings is 1. The van der Waals surface area contributed by atoms with E-state index in [1.165, 1.54) is 0 Å². The van der Waals surface area contributed by atoms with E-state index >= 15 is 0 Å². The molecule has 1 aromatic carbocycles. The fourth-order valence-electron chi connectivity index (χ4n) is 3.40. The molecular weight excluding hydrogens is 292 g/mol. The minimum absolute atomic E-state index is 0.106. The van der Waals surface area contributed by atoms with E-state index < -0.39 is 11.9 Å². The highest BCUT2D eigenvalue weighted by atomic mass is 16.4. The molecule has 1 fully saturated rings. The maximum absolute atomic E-state index is 13.0. The number of para-hydroxylation sites is 1. The molecule has 0 saturated carbocycles. The van der Waals surface area contributed by atoms with E-state index in [9.17, 15) is 14.7 Å². The number of amides is 1. The van der Waals surface area contributed by atoms with Crippen molar-refractivity contribution in [3.63, 3.8) is 0 Å². The predicted octanol–water partition coefficient (Wildman–Crippen LogP) is 2.87. The Balaban J connectivity index is 2.02. The Morgan fingerprint density at radius 2 is 2.04 bits per heavy atom. The Hall–Kier alpha value is -2.43. The smallest absolute Gasteiger partial charge is 0.308 e. The lowest BCUT2D eigenvalue weighted by atomic mass is 9.89. The summed E-state index contributed by atoms with van der Waals surface area (Å²) in [5, 5.41) is 10.2. The van der Waals surface area contributed by atoms with Gasteiger partial charge in [-0.1, -0.05) is 18.2 Å². The number of carbonyl (C=O) groups is 2. The van der Waals surface area contributed by atoms with Gasteiger partial charge in [-0.3, -0.25) is 14.6 Å². The van der Waals surface area contributed by atoms with Crippen molar-refractivity contribution in [3.05, 3.63) is 41.6 Å². The minimum atomic E-state index is -0.828. The molecule has 1 saturated heterocycles. The third-order valence-corrected chi connectivity index (χ3v) is 4.64. The first kappa shape index (κ1) is 15.5. The lowest BCUT2D eigenvalue weighted by Gasteiger charge is -2.37. The van der Waals surface area contributed by atoms with Crippen LogP contribution in [0.2, 0.25) is 0 Å². The lowest BCUT2D eigenvalue weighted by Crippen LogP contribution is -2.49. The van der Waals surface area contributed by atoms with Crippen molar-refractivity contribution in [1.29, 1.82) is 0 Å². The van der Waals surface area contributed by atoms with E-state index in [2.05, 4.69) is 4.98 Å². The first-order valence-corrected chi connectivity index (χ1v) is 7.89. The largest absolute Gasteiger partial charge is 0.481 e. The number of benzene rings is 1. The lowest BCUT2D eigenvalue weighted by molar-refractivity contribution is -0.144. The first-order chi connectivity index (χ1) is 11.0. The number of hydrogen-bond acceptors (Lipinski definition) is 3. The van der Waals surface area contributed by atoms with Crippen molar-refractivity contribution in [3.8, 4) is 0 Å². The number of carboxylic acid groups (broad SMARTS) is 1. The summed E-state index contributed by atoms with van der Waals surface area (Å²) in [6.07, 6.45) is 1.34. The number of aliphatic carboxylic acids is 1. The monoisotopic (exact) mass is 312 g/mol. The average Bonchev–Trinajstić information content (AvgIpc) is 2.53. The number of carboxylic acids is 1. The summed E-state index contributed by atoms with van der Waals surface area (Å²) in [6.45, 7) is 4.29. The second-order valence-electron chi connectivity index (χ2n) is 6.15. The normalized spacial score (nSPS) is 21.4. The SMILES string of the molecule is Cc1cc(C(=O)N2CCC[C@@H](C(=O)O)[C@H]2C)c2ccccc2n1. The Kier molecular flexibility index (Phi) is 4.03. The molecule has 0 aliphatic carbocycles. The highest BCUT2D eigenvalue weighted by Crippen LogP contribution is 2.27. The molecule has 120 valence electrons. The number of aromatic nitrogens is 1. The summed E-state index contributed by atoms with van der Waals surface area (Å²) in [6, 6.07) is 9.04. The van der Waals surface area contributed by atoms with Gasteiger partial charge in [0.05, 0.1) is 17.0 Å². The Morgan fingerprint density at radius 3 is 2.78 bits per heavy atom. The van der Waals surface area contributed by atoms with Gasteiger partial charge in [0.1, 0.15) is 0 Å². The molecule has 1 aromatic heterocycles. The summed E-state index contributed by atoms with van der Waals surface area (Å²) in [7, 11) is 0. The molecule has 1 N–H and O–H groups in total. The molecule has 0 spiro atoms. The van der Waals surface area contributed by atoms with Crippen LogP contribution in [0.15, 0.2) is 30.3 Å². The average molecular weight is 312 g/mol. The summed E-state index contributed by atoms with van der Waals surface area (Å²) in [5.41, 5.74) is 2.17. The van der Waals surface area contributed by atoms with E-state index in [1.54, 1.807) is 11.0 Å². The highest BCUT2D eigenvalue weighted by Gasteiger charge is 2.36. The zero-order valence-electron chi connectivity index (χ0n) is 13.3. The van der Waals surface area contributed by atoms with Crippen molar-refractivity contribution in [2.24, 2.45) is 5.92 Å². The molecule has 2 aromatic rings. The molecule has 5 heteroatoms. The number of hydrogen-bond donors (Lipinski definition) is 1. The van der Waals surface area contributed by atoms with Gasteiger partial charge in [-0.05, 0) is 38.8 Å². The summed E-state index contributed by atoms with van der Waals surface area (Å²) < 4.78 is 0. The number of likely N-dealkylation sites (tertiary alicyclic amines) is 1. The van der Waals surface area contributed by atoms with Crippen LogP contribution >= 0.6 is 0 Å². The number of fused-ring (bicyclic) bond motifs is 1. The van der Waals surface area contributed by atoms with E-state index in [4.69, 9.17) is 0 Å². The van der Waals surface area contributed by atoms with Crippen LogP contribution in [0, 0.1) is 12.8 Å². The van der Waals surface area contributed by atoms with E-state index in [-0.39, 0.29) is 11.9 Å². The number of nitrogens with zero attached hydrogens (tertiary/aromatic N) is 2. The summed E-state index contributed by atoms with van der Waals surface area (Å²) >= 11 is 0. The molecule has 2 atom stereocenters. The second kappa shape index (κ2) is 5.99. The fraction of sp³-hybridized carbons (Fsp3) is 0.389. The third kappa shape index (κ3) is 2.79. The van der Waals surface area contributed by atoms with Crippen LogP contribution in [0.5, 0.6) is 0 Å². The number of carbonyl (C=O) groups excluding carboxylic acids is 1. The Bertz CT molecular complexity index is 772. The van der Waals surface area contributed by atoms with Gasteiger partial charge in [0, 0.05) is 23.7 Å². The van der Waals surface area contributed by atoms with Gasteiger partial charge in [0.2, 0.25) is 0 Å². The van der Waals surface area contributed by atoms with Crippen LogP contribution in [0.4, 0.5) is 0 Å². The molecule has 1 aliphatic heterocycles. The minimum Gasteiger partial charge on any atom is -0.481 e. The first-order valence-electron chi connectivity index (χ1n) is 7.89. The zero-order chi connectivity index (χ0) is 16.6. The van der Waals surface area contributed by atoms with Crippen LogP contribution in [0.25, 0.3) is 10.9 Å². The quantitative estimate of drug-likeness (QED) is 0.925. The molecule has 0 radical (unpaired) electrons. The van der Waals surface area contributed by atoms with Gasteiger partial charge in [-0.2, -0.15) is 0 Å². The molecule has 5 nitrogen and oxygen atoms in total. The van der Waals surface area contributed by atoms with Crippen molar-refractivity contribution in [1.82, 2.24) is 9.88 Å². The Morgan fingerprint density at radius 1 is 1.30 bits per heavy atom. The number of rotatable bonds is 2. The number of aryl methyl sites for hydroxylation is 1. The van der Waals surface area contributed by atoms with Crippen LogP contribution in [0.1, 0.15) is 35.8 Å². The summed E-state index contributed by atoms with van der Waals surface area (Å²) in [5.74, 6) is -1.43. The maximum Gasteiger partial charge on any atom is 0.308 e. The standard InChI is InChI=1S/C18H20N2O3/c1-11-10-15(14-6-3-4-8-16(14)19-11)17(21)20-9-5-7-13(12(20)2)18(22)23/h3-4,6,8,10,12-13H,5,7,9H2,1-2H3,(H,22,23)/t12-,13-/m1/s1. The fourth-order valence-corrected chi connectivity index (χ4v) is 3.40. The Labute approximate surface area is 134 Å². The third-order valence-electron chi connectivity index (χ3n) is 4.64. The van der Waals surface area contributed by atoms with Gasteiger partial charge in [0.15, 0.2) is 0 Å². The van der Waals surface area contributed by atoms with Crippen LogP contribution in [-0.2, 0) is 4.79 Å². The van der Waals surface area contributed by atoms with E-state index in [0.717, 1.165) is 23.0 Å². The second-order valence-corrected chi connectivity index (χ2v) is 6.15. The van der Waals surface area contributed by atoms with Crippen molar-refractivity contribution in [2.45, 2.75) is 32.7 Å². The predicted molar refractivity (Wildman–Crippen MR) is 87.3 cm³/mol. The summed E-state index contributed by atoms with van der Waals surface area (Å²) in [4.78, 5) is 30.6. The molecule has 1 aliphatic rings. The maximum atomic E-state index is 13.0. The van der Waals surface area contributed by atoms with Crippen molar-refractivity contribution in [2.75, 3.05) is 6.54 Å². The molecule has 3 rings (SSSR count). The molecule has 1 amide bonds. The highest BCUT2D eigenvalue weighted by molar-refractivity contribution is 6.06. The van der Waals surface area contributed by atoms with E-state index in [0.29, 0.717) is 18.5 Å². The topological polar surface area (TPSA) is 70.5 Å². The van der Waals surface area contributed by atoms with Gasteiger partial charge >= 0.3 is 5.97 Å². The van der Waals surface area contributed by atoms with E-state index in [1.807, 2.05) is 38.1 Å². The van der Waals surface area contributed by atoms with Crippen molar-refractivity contribution < 1.29 is 14.7 Å². The van der Waals surface area contributed by atoms with Gasteiger partial charge in [0.25, 0.3) is 5.91 Å². The molecule has 0 unspecified atom stereocenters. The van der Waals surface area contributed by atoms with Crippen LogP contribution in [0.3, 0.4) is 0 Å². The zero-order valence-corrected chi connectivity index (χ0v) is 13.3. The van der Waals surface area contributed by atoms with Crippen LogP contribution < -0.4 is 0 Å². The number of pyridine rings is 1.